The highest BCUT2D eigenvalue weighted by molar-refractivity contribution is 5.24. The minimum Gasteiger partial charge on any atom is -0.396 e. The Morgan fingerprint density at radius 2 is 2.12 bits per heavy atom. The maximum Gasteiger partial charge on any atom is 0.0628 e. The van der Waals surface area contributed by atoms with Gasteiger partial charge in [-0.15, -0.1) is 0 Å². The van der Waals surface area contributed by atoms with Gasteiger partial charge in [0.15, 0.2) is 0 Å². The lowest BCUT2D eigenvalue weighted by molar-refractivity contribution is 0.257. The van der Waals surface area contributed by atoms with Gasteiger partial charge in [-0.25, -0.2) is 0 Å². The van der Waals surface area contributed by atoms with Crippen LogP contribution in [0.25, 0.3) is 0 Å². The van der Waals surface area contributed by atoms with Crippen molar-refractivity contribution in [3.8, 4) is 0 Å². The SMILES string of the molecule is CCc1c(C)nn(CC(CCO)NC)c1C. The molecule has 0 radical (unpaired) electrons. The van der Waals surface area contributed by atoms with Crippen LogP contribution in [0.2, 0.25) is 0 Å². The van der Waals surface area contributed by atoms with Gasteiger partial charge in [0.05, 0.1) is 12.2 Å². The van der Waals surface area contributed by atoms with Crippen molar-refractivity contribution in [2.45, 2.75) is 46.2 Å². The van der Waals surface area contributed by atoms with E-state index in [0.29, 0.717) is 0 Å². The predicted molar refractivity (Wildman–Crippen MR) is 65.6 cm³/mol. The molecule has 1 atom stereocenters. The molecule has 1 rings (SSSR count). The van der Waals surface area contributed by atoms with E-state index >= 15 is 0 Å². The van der Waals surface area contributed by atoms with Gasteiger partial charge in [0.2, 0.25) is 0 Å². The Balaban J connectivity index is 2.80. The smallest absolute Gasteiger partial charge is 0.0628 e. The number of hydrogen-bond donors (Lipinski definition) is 2. The molecule has 1 unspecified atom stereocenters. The highest BCUT2D eigenvalue weighted by Gasteiger charge is 2.13. The quantitative estimate of drug-likeness (QED) is 0.760. The molecule has 0 fully saturated rings. The molecular weight excluding hydrogens is 202 g/mol. The molecule has 0 aliphatic rings. The fourth-order valence-electron chi connectivity index (χ4n) is 2.11. The van der Waals surface area contributed by atoms with E-state index < -0.39 is 0 Å². The van der Waals surface area contributed by atoms with Crippen molar-refractivity contribution in [1.29, 1.82) is 0 Å². The van der Waals surface area contributed by atoms with Gasteiger partial charge in [0.25, 0.3) is 0 Å². The highest BCUT2D eigenvalue weighted by Crippen LogP contribution is 2.14. The van der Waals surface area contributed by atoms with Gasteiger partial charge >= 0.3 is 0 Å². The summed E-state index contributed by atoms with van der Waals surface area (Å²) in [6.07, 6.45) is 1.79. The molecule has 0 spiro atoms. The fraction of sp³-hybridized carbons (Fsp3) is 0.750. The Hall–Kier alpha value is -0.870. The zero-order valence-electron chi connectivity index (χ0n) is 10.7. The zero-order chi connectivity index (χ0) is 12.1. The normalized spacial score (nSPS) is 13.1. The first-order chi connectivity index (χ1) is 7.63. The first kappa shape index (κ1) is 13.2. The van der Waals surface area contributed by atoms with E-state index in [-0.39, 0.29) is 12.6 Å². The van der Waals surface area contributed by atoms with Crippen molar-refractivity contribution < 1.29 is 5.11 Å². The third kappa shape index (κ3) is 2.83. The van der Waals surface area contributed by atoms with Gasteiger partial charge in [-0.05, 0) is 39.3 Å². The molecule has 2 N–H and O–H groups in total. The highest BCUT2D eigenvalue weighted by atomic mass is 16.3. The minimum atomic E-state index is 0.214. The molecule has 0 saturated carbocycles. The van der Waals surface area contributed by atoms with Crippen molar-refractivity contribution in [2.24, 2.45) is 0 Å². The molecule has 0 amide bonds. The van der Waals surface area contributed by atoms with Gasteiger partial charge in [-0.1, -0.05) is 6.92 Å². The summed E-state index contributed by atoms with van der Waals surface area (Å²) in [4.78, 5) is 0. The van der Waals surface area contributed by atoms with E-state index in [4.69, 9.17) is 5.11 Å². The molecule has 0 aromatic carbocycles. The van der Waals surface area contributed by atoms with Crippen LogP contribution < -0.4 is 5.32 Å². The Morgan fingerprint density at radius 3 is 2.56 bits per heavy atom. The van der Waals surface area contributed by atoms with Crippen molar-refractivity contribution in [3.63, 3.8) is 0 Å². The topological polar surface area (TPSA) is 50.1 Å². The van der Waals surface area contributed by atoms with E-state index in [1.165, 1.54) is 11.3 Å². The van der Waals surface area contributed by atoms with Crippen LogP contribution in [-0.4, -0.2) is 34.6 Å². The summed E-state index contributed by atoms with van der Waals surface area (Å²) in [5.74, 6) is 0. The van der Waals surface area contributed by atoms with E-state index in [1.54, 1.807) is 0 Å². The van der Waals surface area contributed by atoms with Crippen LogP contribution in [0.15, 0.2) is 0 Å². The van der Waals surface area contributed by atoms with Crippen LogP contribution in [0.1, 0.15) is 30.3 Å². The van der Waals surface area contributed by atoms with Gasteiger partial charge in [0, 0.05) is 18.3 Å². The summed E-state index contributed by atoms with van der Waals surface area (Å²) in [5.41, 5.74) is 3.72. The maximum atomic E-state index is 8.95. The number of rotatable bonds is 6. The molecule has 0 aliphatic heterocycles. The summed E-state index contributed by atoms with van der Waals surface area (Å²) < 4.78 is 2.05. The Bertz CT molecular complexity index is 333. The van der Waals surface area contributed by atoms with Crippen molar-refractivity contribution in [2.75, 3.05) is 13.7 Å². The lowest BCUT2D eigenvalue weighted by Crippen LogP contribution is -2.31. The monoisotopic (exact) mass is 225 g/mol. The first-order valence-corrected chi connectivity index (χ1v) is 5.95. The molecule has 1 aromatic heterocycles. The van der Waals surface area contributed by atoms with Gasteiger partial charge in [-0.2, -0.15) is 5.10 Å². The average Bonchev–Trinajstić information content (AvgIpc) is 2.53. The molecule has 16 heavy (non-hydrogen) atoms. The minimum absolute atomic E-state index is 0.214. The maximum absolute atomic E-state index is 8.95. The fourth-order valence-corrected chi connectivity index (χ4v) is 2.11. The van der Waals surface area contributed by atoms with Crippen LogP contribution in [0.3, 0.4) is 0 Å². The number of aromatic nitrogens is 2. The van der Waals surface area contributed by atoms with Gasteiger partial charge in [-0.3, -0.25) is 4.68 Å². The molecule has 4 heteroatoms. The molecule has 1 aromatic rings. The summed E-state index contributed by atoms with van der Waals surface area (Å²) >= 11 is 0. The van der Waals surface area contributed by atoms with Crippen molar-refractivity contribution >= 4 is 0 Å². The number of aliphatic hydroxyl groups is 1. The Labute approximate surface area is 97.7 Å². The number of aryl methyl sites for hydroxylation is 1. The van der Waals surface area contributed by atoms with E-state index in [0.717, 1.165) is 25.1 Å². The summed E-state index contributed by atoms with van der Waals surface area (Å²) in [5, 5.41) is 16.7. The Morgan fingerprint density at radius 1 is 1.44 bits per heavy atom. The van der Waals surface area contributed by atoms with E-state index in [1.807, 2.05) is 11.7 Å². The number of nitrogens with zero attached hydrogens (tertiary/aromatic N) is 2. The number of hydrogen-bond acceptors (Lipinski definition) is 3. The van der Waals surface area contributed by atoms with Crippen LogP contribution in [0, 0.1) is 13.8 Å². The predicted octanol–water partition coefficient (Wildman–Crippen LogP) is 1.03. The van der Waals surface area contributed by atoms with Gasteiger partial charge in [0.1, 0.15) is 0 Å². The first-order valence-electron chi connectivity index (χ1n) is 5.95. The molecule has 92 valence electrons. The van der Waals surface area contributed by atoms with Crippen LogP contribution in [-0.2, 0) is 13.0 Å². The molecule has 4 nitrogen and oxygen atoms in total. The largest absolute Gasteiger partial charge is 0.396 e. The second kappa shape index (κ2) is 6.01. The molecule has 0 saturated heterocycles. The zero-order valence-corrected chi connectivity index (χ0v) is 10.7. The summed E-state index contributed by atoms with van der Waals surface area (Å²) in [7, 11) is 1.92. The van der Waals surface area contributed by atoms with Crippen LogP contribution in [0.4, 0.5) is 0 Å². The number of likely N-dealkylation sites (N-methyl/N-ethyl adjacent to an activating group) is 1. The van der Waals surface area contributed by atoms with Crippen molar-refractivity contribution in [1.82, 2.24) is 15.1 Å². The Kier molecular flexibility index (Phi) is 4.96. The van der Waals surface area contributed by atoms with E-state index in [9.17, 15) is 0 Å². The van der Waals surface area contributed by atoms with E-state index in [2.05, 4.69) is 31.2 Å². The molecular formula is C12H23N3O. The molecule has 0 bridgehead atoms. The van der Waals surface area contributed by atoms with Crippen LogP contribution >= 0.6 is 0 Å². The number of nitrogens with one attached hydrogen (secondary N) is 1. The second-order valence-electron chi connectivity index (χ2n) is 4.18. The summed E-state index contributed by atoms with van der Waals surface area (Å²) in [6.45, 7) is 7.37. The van der Waals surface area contributed by atoms with Crippen molar-refractivity contribution in [3.05, 3.63) is 17.0 Å². The third-order valence-electron chi connectivity index (χ3n) is 3.16. The second-order valence-corrected chi connectivity index (χ2v) is 4.18. The molecule has 1 heterocycles. The summed E-state index contributed by atoms with van der Waals surface area (Å²) in [6, 6.07) is 0.285. The van der Waals surface area contributed by atoms with Crippen LogP contribution in [0.5, 0.6) is 0 Å². The van der Waals surface area contributed by atoms with Gasteiger partial charge < -0.3 is 10.4 Å². The lowest BCUT2D eigenvalue weighted by atomic mass is 10.1. The molecule has 0 aliphatic carbocycles. The number of aliphatic hydroxyl groups excluding tert-OH is 1. The standard InChI is InChI=1S/C12H23N3O/c1-5-12-9(2)14-15(10(12)3)8-11(13-4)6-7-16/h11,13,16H,5-8H2,1-4H3. The lowest BCUT2D eigenvalue weighted by Gasteiger charge is -2.16. The average molecular weight is 225 g/mol. The third-order valence-corrected chi connectivity index (χ3v) is 3.16.